The van der Waals surface area contributed by atoms with Crippen LogP contribution in [0.25, 0.3) is 0 Å². The van der Waals surface area contributed by atoms with E-state index in [0.717, 1.165) is 12.8 Å². The van der Waals surface area contributed by atoms with E-state index in [4.69, 9.17) is 14.6 Å². The monoisotopic (exact) mass is 343 g/mol. The van der Waals surface area contributed by atoms with Gasteiger partial charge in [-0.2, -0.15) is 5.10 Å². The fourth-order valence-electron chi connectivity index (χ4n) is 3.25. The van der Waals surface area contributed by atoms with Gasteiger partial charge < -0.3 is 19.5 Å². The molecule has 0 spiro atoms. The van der Waals surface area contributed by atoms with Gasteiger partial charge in [0.25, 0.3) is 5.91 Å². The van der Waals surface area contributed by atoms with Gasteiger partial charge in [0.15, 0.2) is 11.5 Å². The molecule has 2 aromatic rings. The Hall–Kier alpha value is -3.03. The maximum absolute atomic E-state index is 12.8. The molecule has 3 heterocycles. The summed E-state index contributed by atoms with van der Waals surface area (Å²) in [5.74, 6) is 0.0396. The third-order valence-electron chi connectivity index (χ3n) is 4.60. The van der Waals surface area contributed by atoms with Crippen LogP contribution in [-0.4, -0.2) is 51.5 Å². The average molecular weight is 343 g/mol. The lowest BCUT2D eigenvalue weighted by molar-refractivity contribution is 0.0684. The fraction of sp³-hybridized carbons (Fsp3) is 0.353. The SMILES string of the molecule is O=C(O)c1cnn(C2CCN(C(=O)c3cccc4c3OCO4)CC2)c1. The molecule has 8 nitrogen and oxygen atoms in total. The zero-order valence-corrected chi connectivity index (χ0v) is 13.4. The summed E-state index contributed by atoms with van der Waals surface area (Å²) < 4.78 is 12.4. The average Bonchev–Trinajstić information content (AvgIpc) is 3.30. The van der Waals surface area contributed by atoms with E-state index in [1.165, 1.54) is 6.20 Å². The van der Waals surface area contributed by atoms with Gasteiger partial charge in [-0.3, -0.25) is 9.48 Å². The van der Waals surface area contributed by atoms with Crippen molar-refractivity contribution in [3.8, 4) is 11.5 Å². The number of aromatic carboxylic acids is 1. The molecule has 0 unspecified atom stereocenters. The number of likely N-dealkylation sites (tertiary alicyclic amines) is 1. The maximum atomic E-state index is 12.8. The van der Waals surface area contributed by atoms with Crippen LogP contribution in [0.5, 0.6) is 11.5 Å². The lowest BCUT2D eigenvalue weighted by atomic mass is 10.0. The van der Waals surface area contributed by atoms with Gasteiger partial charge in [-0.15, -0.1) is 0 Å². The van der Waals surface area contributed by atoms with Crippen LogP contribution in [0.1, 0.15) is 39.6 Å². The van der Waals surface area contributed by atoms with Crippen LogP contribution >= 0.6 is 0 Å². The van der Waals surface area contributed by atoms with E-state index in [9.17, 15) is 9.59 Å². The highest BCUT2D eigenvalue weighted by molar-refractivity contribution is 5.98. The first kappa shape index (κ1) is 15.5. The topological polar surface area (TPSA) is 93.9 Å². The van der Waals surface area contributed by atoms with Crippen molar-refractivity contribution in [2.45, 2.75) is 18.9 Å². The van der Waals surface area contributed by atoms with Gasteiger partial charge in [-0.1, -0.05) is 6.07 Å². The van der Waals surface area contributed by atoms with Crippen LogP contribution in [0.3, 0.4) is 0 Å². The first-order chi connectivity index (χ1) is 12.1. The largest absolute Gasteiger partial charge is 0.478 e. The minimum atomic E-state index is -0.987. The van der Waals surface area contributed by atoms with Crippen LogP contribution in [-0.2, 0) is 0 Å². The number of hydrogen-bond acceptors (Lipinski definition) is 5. The second kappa shape index (κ2) is 6.12. The van der Waals surface area contributed by atoms with Crippen LogP contribution in [0, 0.1) is 0 Å². The second-order valence-electron chi connectivity index (χ2n) is 6.08. The van der Waals surface area contributed by atoms with E-state index in [1.54, 1.807) is 34.0 Å². The Morgan fingerprint density at radius 1 is 1.20 bits per heavy atom. The lowest BCUT2D eigenvalue weighted by Gasteiger charge is -2.32. The molecule has 130 valence electrons. The number of carbonyl (C=O) groups is 2. The number of rotatable bonds is 3. The van der Waals surface area contributed by atoms with Crippen molar-refractivity contribution in [2.75, 3.05) is 19.9 Å². The zero-order chi connectivity index (χ0) is 17.4. The van der Waals surface area contributed by atoms with E-state index >= 15 is 0 Å². The van der Waals surface area contributed by atoms with E-state index in [-0.39, 0.29) is 24.3 Å². The quantitative estimate of drug-likeness (QED) is 0.913. The van der Waals surface area contributed by atoms with Crippen LogP contribution in [0.4, 0.5) is 0 Å². The molecule has 0 radical (unpaired) electrons. The van der Waals surface area contributed by atoms with Gasteiger partial charge in [0.2, 0.25) is 6.79 Å². The molecule has 2 aliphatic rings. The van der Waals surface area contributed by atoms with Crippen molar-refractivity contribution in [2.24, 2.45) is 0 Å². The van der Waals surface area contributed by atoms with Crippen molar-refractivity contribution >= 4 is 11.9 Å². The van der Waals surface area contributed by atoms with E-state index in [2.05, 4.69) is 5.10 Å². The highest BCUT2D eigenvalue weighted by Gasteiger charge is 2.29. The van der Waals surface area contributed by atoms with Gasteiger partial charge in [0.05, 0.1) is 23.4 Å². The molecule has 1 aromatic heterocycles. The summed E-state index contributed by atoms with van der Waals surface area (Å²) in [6, 6.07) is 5.40. The van der Waals surface area contributed by atoms with Crippen molar-refractivity contribution in [1.29, 1.82) is 0 Å². The molecule has 25 heavy (non-hydrogen) atoms. The number of ether oxygens (including phenoxy) is 2. The summed E-state index contributed by atoms with van der Waals surface area (Å²) in [4.78, 5) is 25.5. The molecule has 0 atom stereocenters. The minimum Gasteiger partial charge on any atom is -0.478 e. The molecule has 0 saturated carbocycles. The third-order valence-corrected chi connectivity index (χ3v) is 4.60. The fourth-order valence-corrected chi connectivity index (χ4v) is 3.25. The van der Waals surface area contributed by atoms with Crippen molar-refractivity contribution in [1.82, 2.24) is 14.7 Å². The first-order valence-corrected chi connectivity index (χ1v) is 8.09. The molecule has 1 aromatic carbocycles. The second-order valence-corrected chi connectivity index (χ2v) is 6.08. The van der Waals surface area contributed by atoms with Gasteiger partial charge in [0, 0.05) is 19.3 Å². The van der Waals surface area contributed by atoms with Gasteiger partial charge >= 0.3 is 5.97 Å². The number of benzene rings is 1. The first-order valence-electron chi connectivity index (χ1n) is 8.09. The molecule has 1 N–H and O–H groups in total. The minimum absolute atomic E-state index is 0.0764. The number of aromatic nitrogens is 2. The molecule has 1 amide bonds. The van der Waals surface area contributed by atoms with Crippen molar-refractivity contribution in [3.63, 3.8) is 0 Å². The predicted molar refractivity (Wildman–Crippen MR) is 85.9 cm³/mol. The van der Waals surface area contributed by atoms with Crippen LogP contribution in [0.2, 0.25) is 0 Å². The van der Waals surface area contributed by atoms with Crippen molar-refractivity contribution in [3.05, 3.63) is 41.7 Å². The molecule has 4 rings (SSSR count). The molecule has 1 fully saturated rings. The van der Waals surface area contributed by atoms with Crippen LogP contribution < -0.4 is 9.47 Å². The van der Waals surface area contributed by atoms with E-state index < -0.39 is 5.97 Å². The number of nitrogens with zero attached hydrogens (tertiary/aromatic N) is 3. The third kappa shape index (κ3) is 2.79. The van der Waals surface area contributed by atoms with Gasteiger partial charge in [-0.25, -0.2) is 4.79 Å². The van der Waals surface area contributed by atoms with E-state index in [0.29, 0.717) is 30.2 Å². The predicted octanol–water partition coefficient (Wildman–Crippen LogP) is 1.79. The Morgan fingerprint density at radius 2 is 2.00 bits per heavy atom. The Labute approximate surface area is 143 Å². The Kier molecular flexibility index (Phi) is 3.79. The molecular weight excluding hydrogens is 326 g/mol. The van der Waals surface area contributed by atoms with E-state index in [1.807, 2.05) is 0 Å². The number of hydrogen-bond donors (Lipinski definition) is 1. The highest BCUT2D eigenvalue weighted by Crippen LogP contribution is 2.36. The van der Waals surface area contributed by atoms with Crippen molar-refractivity contribution < 1.29 is 24.2 Å². The maximum Gasteiger partial charge on any atom is 0.338 e. The summed E-state index contributed by atoms with van der Waals surface area (Å²) >= 11 is 0. The number of para-hydroxylation sites is 1. The molecule has 8 heteroatoms. The Morgan fingerprint density at radius 3 is 2.72 bits per heavy atom. The number of amides is 1. The highest BCUT2D eigenvalue weighted by atomic mass is 16.7. The molecule has 0 bridgehead atoms. The van der Waals surface area contributed by atoms with Gasteiger partial charge in [-0.05, 0) is 25.0 Å². The number of carboxylic acids is 1. The van der Waals surface area contributed by atoms with Gasteiger partial charge in [0.1, 0.15) is 0 Å². The van der Waals surface area contributed by atoms with Crippen LogP contribution in [0.15, 0.2) is 30.6 Å². The molecule has 1 saturated heterocycles. The number of carbonyl (C=O) groups excluding carboxylic acids is 1. The summed E-state index contributed by atoms with van der Waals surface area (Å²) in [6.45, 7) is 1.29. The molecule has 2 aliphatic heterocycles. The Balaban J connectivity index is 1.44. The molecule has 0 aliphatic carbocycles. The number of carboxylic acid groups (broad SMARTS) is 1. The summed E-state index contributed by atoms with van der Waals surface area (Å²) in [6.07, 6.45) is 4.34. The Bertz CT molecular complexity index is 823. The normalized spacial score (nSPS) is 16.9. The summed E-state index contributed by atoms with van der Waals surface area (Å²) in [5.41, 5.74) is 0.691. The summed E-state index contributed by atoms with van der Waals surface area (Å²) in [7, 11) is 0. The summed E-state index contributed by atoms with van der Waals surface area (Å²) in [5, 5.41) is 13.1. The molecular formula is C17H17N3O5. The smallest absolute Gasteiger partial charge is 0.338 e. The zero-order valence-electron chi connectivity index (χ0n) is 13.4. The lowest BCUT2D eigenvalue weighted by Crippen LogP contribution is -2.39. The number of fused-ring (bicyclic) bond motifs is 1. The standard InChI is InChI=1S/C17H17N3O5/c21-16(13-2-1-3-14-15(13)25-10-24-14)19-6-4-12(5-7-19)20-9-11(8-18-20)17(22)23/h1-3,8-9,12H,4-7,10H2,(H,22,23). The number of piperidine rings is 1.